The maximum atomic E-state index is 12.5. The van der Waals surface area contributed by atoms with E-state index >= 15 is 0 Å². The quantitative estimate of drug-likeness (QED) is 0.241. The fourth-order valence-electron chi connectivity index (χ4n) is 5.33. The fraction of sp³-hybridized carbons (Fsp3) is 1.00. The Labute approximate surface area is 584 Å². The van der Waals surface area contributed by atoms with Crippen molar-refractivity contribution < 1.29 is 99.0 Å². The zero-order valence-electron chi connectivity index (χ0n) is 108. The van der Waals surface area contributed by atoms with Gasteiger partial charge in [0.05, 0.1) is 10.8 Å². The van der Waals surface area contributed by atoms with Crippen molar-refractivity contribution in [2.24, 2.45) is 85.1 Å². The van der Waals surface area contributed by atoms with Crippen LogP contribution in [0.5, 0.6) is 0 Å². The number of hydrogen-bond donors (Lipinski definition) is 0. The lowest BCUT2D eigenvalue weighted by Gasteiger charge is -2.37. The fourth-order valence-corrected chi connectivity index (χ4v) is 5.33. The van der Waals surface area contributed by atoms with Gasteiger partial charge in [0, 0.05) is 72.7 Å². The maximum absolute atomic E-state index is 12.5. The van der Waals surface area contributed by atoms with Crippen LogP contribution in [0.25, 0.3) is 0 Å². The van der Waals surface area contributed by atoms with Gasteiger partial charge in [0.15, 0.2) is 0 Å². The maximum Gasteiger partial charge on any atom is 0.394 e. The van der Waals surface area contributed by atoms with Gasteiger partial charge in [-0.05, 0) is 138 Å². The summed E-state index contributed by atoms with van der Waals surface area (Å²) in [4.78, 5) is 0. The second kappa shape index (κ2) is 45.8. The molecule has 498 valence electrons. The van der Waals surface area contributed by atoms with Crippen LogP contribution in [0.4, 0.5) is 26.3 Å². The molecular weight excluding hydrogens is 1010 g/mol. The predicted octanol–water partition coefficient (Wildman–Crippen LogP) is 29.7. The molecule has 0 spiro atoms. The SMILES string of the molecule is [2H]C(C)(CC)CC.[2H]C([2H])(C)C(C)(C)C.[2H]C([2H])([2H])C(C)(C([2H])([2H])C)C(F)(F)F.[2H]C([2H])([2H])C(C)(C([2H])([2H])[2H])C([2H])([2H])C.[2H]C([2H])([2H])C(C)(C)C([2H])([2H])[2H].[2H]C([2H])([2H])C([2H])([2H])[C@]([2H])(C)C([2H])([2H])C.[2H]C([2H])([2H])C1(C)C([2H])([2H])C([2H])([2H])C([2H])(C)C([2H])([2H])C1([2H])[2H].[2H]C1(C)CCC(C)(C(F)(F)F)CC1.[2H]C1(C)CCC(C)(C)CC1.[2H]C1(C)CCCC1.[2H]C1([2H])C([2H])(C)C([2H])([2H])[C@]([2H])(C)C1([2H])[2H]. The van der Waals surface area contributed by atoms with E-state index in [1.54, 1.807) is 13.8 Å². The molecule has 0 saturated heterocycles. The van der Waals surface area contributed by atoms with Crippen LogP contribution in [0.15, 0.2) is 0 Å². The van der Waals surface area contributed by atoms with Gasteiger partial charge in [0.2, 0.25) is 0 Å². The van der Waals surface area contributed by atoms with E-state index in [0.717, 1.165) is 87.0 Å². The zero-order chi connectivity index (χ0) is 112. The van der Waals surface area contributed by atoms with Crippen LogP contribution in [0, 0.1) is 85.1 Å². The summed E-state index contributed by atoms with van der Waals surface area (Å²) in [6.07, 6.45) is -29.4. The molecule has 0 radical (unpaired) electrons. The molecule has 5 rings (SSSR count). The number of hydrogen-bond acceptors (Lipinski definition) is 0. The molecule has 0 aliphatic heterocycles. The van der Waals surface area contributed by atoms with Crippen LogP contribution < -0.4 is 0 Å². The second-order valence-corrected chi connectivity index (χ2v) is 24.2. The van der Waals surface area contributed by atoms with Crippen molar-refractivity contribution in [3.8, 4) is 0 Å². The van der Waals surface area contributed by atoms with E-state index in [0.29, 0.717) is 39.0 Å². The van der Waals surface area contributed by atoms with Gasteiger partial charge in [0.25, 0.3) is 0 Å². The number of rotatable bonds is 5. The molecule has 6 heteroatoms. The van der Waals surface area contributed by atoms with E-state index in [-0.39, 0.29) is 35.9 Å². The molecule has 0 N–H and O–H groups in total. The molecule has 5 saturated carbocycles. The first-order valence-corrected chi connectivity index (χ1v) is 28.0. The van der Waals surface area contributed by atoms with Gasteiger partial charge < -0.3 is 0 Å². The Kier molecular flexibility index (Phi) is 17.7. The first-order chi connectivity index (χ1) is 56.4. The van der Waals surface area contributed by atoms with Crippen molar-refractivity contribution in [2.45, 2.75) is 400 Å². The van der Waals surface area contributed by atoms with Gasteiger partial charge in [-0.2, -0.15) is 26.3 Å². The van der Waals surface area contributed by atoms with Gasteiger partial charge in [-0.15, -0.1) is 0 Å². The largest absolute Gasteiger partial charge is 0.394 e. The third kappa shape index (κ3) is 63.9. The van der Waals surface area contributed by atoms with Crippen LogP contribution in [0.1, 0.15) is 460 Å². The lowest BCUT2D eigenvalue weighted by molar-refractivity contribution is -0.229. The van der Waals surface area contributed by atoms with Crippen molar-refractivity contribution in [1.82, 2.24) is 0 Å². The Hall–Kier alpha value is -0.420. The minimum atomic E-state index is -5.11. The summed E-state index contributed by atoms with van der Waals surface area (Å²) >= 11 is 0. The zero-order valence-corrected chi connectivity index (χ0v) is 55.2. The van der Waals surface area contributed by atoms with E-state index < -0.39 is 193 Å². The first-order valence-electron chi connectivity index (χ1n) is 54.5. The highest BCUT2D eigenvalue weighted by Crippen LogP contribution is 2.49. The van der Waals surface area contributed by atoms with Gasteiger partial charge >= 0.3 is 12.4 Å². The first kappa shape index (κ1) is 31.4. The molecule has 0 aromatic rings. The highest BCUT2D eigenvalue weighted by Gasteiger charge is 2.51. The van der Waals surface area contributed by atoms with Crippen molar-refractivity contribution in [1.29, 1.82) is 0 Å². The smallest absolute Gasteiger partial charge is 0.171 e. The lowest BCUT2D eigenvalue weighted by Crippen LogP contribution is -2.38. The van der Waals surface area contributed by atoms with E-state index in [9.17, 15) is 26.3 Å². The third-order valence-corrected chi connectivity index (χ3v) is 12.7. The second-order valence-electron chi connectivity index (χ2n) is 24.2. The summed E-state index contributed by atoms with van der Waals surface area (Å²) in [6, 6.07) is 0. The summed E-state index contributed by atoms with van der Waals surface area (Å²) < 4.78 is 465. The molecule has 5 fully saturated rings. The topological polar surface area (TPSA) is 0 Å². The average Bonchev–Trinajstić information content (AvgIpc) is 0.870. The molecule has 0 aromatic carbocycles. The molecule has 81 heavy (non-hydrogen) atoms. The van der Waals surface area contributed by atoms with Gasteiger partial charge in [-0.1, -0.05) is 323 Å². The molecule has 0 bridgehead atoms. The summed E-state index contributed by atoms with van der Waals surface area (Å²) in [7, 11) is 0. The van der Waals surface area contributed by atoms with Crippen LogP contribution in [0.3, 0.4) is 0 Å². The highest BCUT2D eigenvalue weighted by molar-refractivity contribution is 4.87. The minimum Gasteiger partial charge on any atom is -0.171 e. The Morgan fingerprint density at radius 3 is 1.06 bits per heavy atom. The summed E-state index contributed by atoms with van der Waals surface area (Å²) in [5.74, 6) is -10.7. The Balaban J connectivity index is -0.000000341. The van der Waals surface area contributed by atoms with Gasteiger partial charge in [-0.25, -0.2) is 0 Å². The van der Waals surface area contributed by atoms with Gasteiger partial charge in [0.1, 0.15) is 0 Å². The van der Waals surface area contributed by atoms with E-state index in [1.165, 1.54) is 46.5 Å². The van der Waals surface area contributed by atoms with E-state index in [4.69, 9.17) is 72.7 Å². The molecule has 2 unspecified atom stereocenters. The minimum absolute atomic E-state index is 0.0556. The van der Waals surface area contributed by atoms with Gasteiger partial charge in [-0.3, -0.25) is 0 Å². The Morgan fingerprint density at radius 2 is 0.901 bits per heavy atom. The molecule has 5 aliphatic rings. The van der Waals surface area contributed by atoms with E-state index in [2.05, 4.69) is 34.6 Å². The molecular formula is C75H156F6. The molecule has 4 atom stereocenters. The van der Waals surface area contributed by atoms with Crippen molar-refractivity contribution >= 4 is 0 Å². The predicted molar refractivity (Wildman–Crippen MR) is 359 cm³/mol. The molecule has 0 nitrogen and oxygen atoms in total. The van der Waals surface area contributed by atoms with Crippen LogP contribution >= 0.6 is 0 Å². The number of alkyl halides is 6. The van der Waals surface area contributed by atoms with E-state index in [1.807, 2.05) is 34.6 Å². The molecule has 5 aliphatic carbocycles. The molecule has 0 amide bonds. The summed E-state index contributed by atoms with van der Waals surface area (Å²) in [5.41, 5.74) is -11.6. The molecule has 0 aromatic heterocycles. The monoisotopic (exact) mass is 1220 g/mol. The van der Waals surface area contributed by atoms with Crippen LogP contribution in [-0.2, 0) is 0 Å². The summed E-state index contributed by atoms with van der Waals surface area (Å²) in [5, 5.41) is 0. The Morgan fingerprint density at radius 1 is 0.506 bits per heavy atom. The third-order valence-electron chi connectivity index (χ3n) is 12.7. The normalized spacial score (nSPS) is 46.7. The summed E-state index contributed by atoms with van der Waals surface area (Å²) in [6.45, 7) is 15.5. The van der Waals surface area contributed by atoms with Crippen molar-refractivity contribution in [3.05, 3.63) is 0 Å². The standard InChI is InChI=1S/C9H15F3.2C9H18.C7H14.C6H11F3.C6H12.4C6H14.C5H12/c1-7-3-5-8(2,6-4-7)9(10,11)12;2*1-8-4-6-9(2,3)7-5-8;1-6-3-4-7(2)5-6;1-4-5(2,3)6(7,8)9;1-6-4-2-3-5-6;2*1-5-6(2,3)4;2*1-4-6(3)5-2;1-5(2,3)4/h7H,3-6H2,1-2H3;2*8H,4-7H2,1-3H3;6-7H,3-5H2,1-2H3;4H2,1-3H3;6H,2-5H2,1H3;2*5H2,1-4H3;2*6H,4-5H2,1-3H3;1-4H3/t;;;6-,7?;;;;;;;/m...1......./s1/i7D;2D3,4D2,5D2,6D2,7D2,8D;8D;3D2,4D2,5D2,6D,7D;2D3,4D2;6D;2D3,3D3,5D2;5D2;1D3,4D2,5D2,6D;6D;1D3,2D3/t;;;m;;;;;6-;;/m...1....0../s1. The van der Waals surface area contributed by atoms with Crippen molar-refractivity contribution in [2.75, 3.05) is 0 Å². The Bertz CT molecular complexity index is 3210. The van der Waals surface area contributed by atoms with Crippen LogP contribution in [-0.4, -0.2) is 12.4 Å². The average molecular weight is 1230 g/mol. The van der Waals surface area contributed by atoms with Crippen molar-refractivity contribution in [3.63, 3.8) is 0 Å². The van der Waals surface area contributed by atoms with Crippen LogP contribution in [0.2, 0.25) is 0 Å². The number of halogens is 6. The highest BCUT2D eigenvalue weighted by atomic mass is 19.4. The molecule has 0 heterocycles. The lowest BCUT2D eigenvalue weighted by atomic mass is 9.72.